The maximum Gasteiger partial charge on any atom is 3.00 e. The van der Waals surface area contributed by atoms with Crippen molar-refractivity contribution in [3.8, 4) is 23.0 Å². The van der Waals surface area contributed by atoms with Crippen LogP contribution >= 0.6 is 0 Å². The van der Waals surface area contributed by atoms with E-state index in [1.807, 2.05) is 60.7 Å². The Hall–Kier alpha value is -5.03. The SMILES string of the molecule is [Al+3].[H+].[O-]c1ccccc1C(N[C@H](c1ccccc1)[C@H](NC(c1ccccc1[O-])c1ccccc1[O-])c1ccccc1)c1ccccc1[O-]. The summed E-state index contributed by atoms with van der Waals surface area (Å²) in [6.07, 6.45) is 0. The van der Waals surface area contributed by atoms with Crippen LogP contribution in [0.3, 0.4) is 0 Å². The monoisotopic (exact) mass is 632 g/mol. The molecule has 2 atom stereocenters. The molecule has 230 valence electrons. The van der Waals surface area contributed by atoms with E-state index >= 15 is 0 Å². The zero-order valence-electron chi connectivity index (χ0n) is 26.5. The van der Waals surface area contributed by atoms with Gasteiger partial charge in [-0.25, -0.2) is 0 Å². The van der Waals surface area contributed by atoms with Gasteiger partial charge in [0, 0.05) is 0 Å². The minimum absolute atomic E-state index is 0. The zero-order valence-corrected chi connectivity index (χ0v) is 26.7. The average Bonchev–Trinajstić information content (AvgIpc) is 3.09. The molecule has 0 aromatic heterocycles. The van der Waals surface area contributed by atoms with Crippen LogP contribution in [0.15, 0.2) is 158 Å². The summed E-state index contributed by atoms with van der Waals surface area (Å²) in [5.41, 5.74) is 3.50. The summed E-state index contributed by atoms with van der Waals surface area (Å²) >= 11 is 0. The van der Waals surface area contributed by atoms with Crippen LogP contribution < -0.4 is 31.1 Å². The van der Waals surface area contributed by atoms with Crippen molar-refractivity contribution in [2.75, 3.05) is 0 Å². The molecule has 0 amide bonds. The normalized spacial score (nSPS) is 12.4. The Bertz CT molecular complexity index is 1660. The first-order valence-electron chi connectivity index (χ1n) is 15.2. The molecular weight excluding hydrogens is 599 g/mol. The number of nitrogens with one attached hydrogen (secondary N) is 2. The maximum atomic E-state index is 13.3. The largest absolute Gasteiger partial charge is 3.00 e. The maximum absolute atomic E-state index is 13.3. The molecule has 6 aromatic carbocycles. The number of hydrogen-bond donors (Lipinski definition) is 2. The van der Waals surface area contributed by atoms with Crippen LogP contribution in [0, 0.1) is 0 Å². The second kappa shape index (κ2) is 15.5. The second-order valence-corrected chi connectivity index (χ2v) is 11.1. The summed E-state index contributed by atoms with van der Waals surface area (Å²) in [6.45, 7) is 0. The topological polar surface area (TPSA) is 116 Å². The molecule has 0 saturated heterocycles. The minimum Gasteiger partial charge on any atom is -0.872 e. The quantitative estimate of drug-likeness (QED) is 0.189. The fourth-order valence-corrected chi connectivity index (χ4v) is 6.02. The summed E-state index contributed by atoms with van der Waals surface area (Å²) in [6, 6.07) is 43.7. The molecule has 6 nitrogen and oxygen atoms in total. The minimum atomic E-state index is -0.766. The molecule has 0 fully saturated rings. The number of para-hydroxylation sites is 4. The molecule has 0 aliphatic rings. The first-order valence-corrected chi connectivity index (χ1v) is 15.2. The van der Waals surface area contributed by atoms with Crippen LogP contribution in [-0.2, 0) is 0 Å². The van der Waals surface area contributed by atoms with Crippen molar-refractivity contribution in [2.24, 2.45) is 0 Å². The van der Waals surface area contributed by atoms with E-state index in [9.17, 15) is 20.4 Å². The third kappa shape index (κ3) is 7.52. The molecule has 0 radical (unpaired) electrons. The van der Waals surface area contributed by atoms with Gasteiger partial charge in [0.1, 0.15) is 0 Å². The van der Waals surface area contributed by atoms with Crippen LogP contribution in [0.4, 0.5) is 0 Å². The van der Waals surface area contributed by atoms with E-state index in [1.165, 1.54) is 24.3 Å². The van der Waals surface area contributed by atoms with Crippen LogP contribution in [0.5, 0.6) is 23.0 Å². The zero-order chi connectivity index (χ0) is 31.9. The van der Waals surface area contributed by atoms with Crippen molar-refractivity contribution in [3.63, 3.8) is 0 Å². The van der Waals surface area contributed by atoms with E-state index in [0.29, 0.717) is 22.3 Å². The third-order valence-electron chi connectivity index (χ3n) is 8.26. The molecule has 0 aliphatic carbocycles. The van der Waals surface area contributed by atoms with Gasteiger partial charge in [0.05, 0.1) is 24.2 Å². The van der Waals surface area contributed by atoms with E-state index < -0.39 is 24.2 Å². The van der Waals surface area contributed by atoms with Crippen molar-refractivity contribution in [3.05, 3.63) is 191 Å². The summed E-state index contributed by atoms with van der Waals surface area (Å²) in [5.74, 6) is -0.786. The van der Waals surface area contributed by atoms with E-state index in [-0.39, 0.29) is 41.8 Å². The Morgan fingerprint density at radius 2 is 0.574 bits per heavy atom. The third-order valence-corrected chi connectivity index (χ3v) is 8.26. The van der Waals surface area contributed by atoms with E-state index in [1.54, 1.807) is 72.8 Å². The van der Waals surface area contributed by atoms with Crippen molar-refractivity contribution in [2.45, 2.75) is 24.2 Å². The van der Waals surface area contributed by atoms with Crippen LogP contribution in [0.2, 0.25) is 0 Å². The second-order valence-electron chi connectivity index (χ2n) is 11.1. The average molecular weight is 633 g/mol. The molecule has 0 spiro atoms. The Kier molecular flexibility index (Phi) is 11.0. The fourth-order valence-electron chi connectivity index (χ4n) is 6.02. The van der Waals surface area contributed by atoms with Gasteiger partial charge in [-0.3, -0.25) is 10.6 Å². The molecular formula is C40H33AlN2O4. The van der Waals surface area contributed by atoms with Gasteiger partial charge in [-0.05, 0) is 33.4 Å². The van der Waals surface area contributed by atoms with Crippen LogP contribution in [0.25, 0.3) is 0 Å². The van der Waals surface area contributed by atoms with Crippen molar-refractivity contribution < 1.29 is 21.9 Å². The van der Waals surface area contributed by atoms with E-state index in [0.717, 1.165) is 11.1 Å². The van der Waals surface area contributed by atoms with Crippen molar-refractivity contribution >= 4 is 17.4 Å². The standard InChI is InChI=1S/C40H36N2O4.Al/c43-33-23-11-7-19-29(33)39(30-20-8-12-24-34(30)44)41-37(27-15-3-1-4-16-27)38(28-17-5-2-6-18-28)42-40(31-21-9-13-25-35(31)45)32-22-10-14-26-36(32)46;/h1-26,37-46H;/q;+3/p-3/t37-,38-;/m1./s1. The predicted molar refractivity (Wildman–Crippen MR) is 179 cm³/mol. The van der Waals surface area contributed by atoms with Crippen molar-refractivity contribution in [1.82, 2.24) is 10.6 Å². The molecule has 0 aliphatic heterocycles. The molecule has 0 unspecified atom stereocenters. The summed E-state index contributed by atoms with van der Waals surface area (Å²) in [5, 5.41) is 60.6. The molecule has 7 heteroatoms. The smallest absolute Gasteiger partial charge is 0.872 e. The number of hydrogen-bond acceptors (Lipinski definition) is 6. The summed E-state index contributed by atoms with van der Waals surface area (Å²) in [7, 11) is 0. The predicted octanol–water partition coefficient (Wildman–Crippen LogP) is 5.25. The van der Waals surface area contributed by atoms with Gasteiger partial charge >= 0.3 is 18.8 Å². The van der Waals surface area contributed by atoms with Gasteiger partial charge < -0.3 is 20.4 Å². The van der Waals surface area contributed by atoms with E-state index in [4.69, 9.17) is 0 Å². The first-order chi connectivity index (χ1) is 22.5. The Morgan fingerprint density at radius 3 is 0.830 bits per heavy atom. The Labute approximate surface area is 287 Å². The molecule has 6 aromatic rings. The molecule has 0 saturated carbocycles. The molecule has 0 bridgehead atoms. The van der Waals surface area contributed by atoms with Gasteiger partial charge in [0.2, 0.25) is 0 Å². The van der Waals surface area contributed by atoms with Gasteiger partial charge in [0.25, 0.3) is 0 Å². The van der Waals surface area contributed by atoms with Gasteiger partial charge in [-0.1, -0.05) is 158 Å². The molecule has 6 rings (SSSR count). The molecule has 0 heterocycles. The molecule has 47 heavy (non-hydrogen) atoms. The summed E-state index contributed by atoms with van der Waals surface area (Å²) in [4.78, 5) is 0. The van der Waals surface area contributed by atoms with Crippen LogP contribution in [-0.4, -0.2) is 17.4 Å². The van der Waals surface area contributed by atoms with Gasteiger partial charge in [-0.15, -0.1) is 23.0 Å². The first kappa shape index (κ1) is 33.3. The van der Waals surface area contributed by atoms with E-state index in [2.05, 4.69) is 10.6 Å². The van der Waals surface area contributed by atoms with Gasteiger partial charge in [0.15, 0.2) is 0 Å². The summed E-state index contributed by atoms with van der Waals surface area (Å²) < 4.78 is 0. The van der Waals surface area contributed by atoms with Crippen LogP contribution in [0.1, 0.15) is 59.0 Å². The number of benzene rings is 6. The van der Waals surface area contributed by atoms with Crippen molar-refractivity contribution in [1.29, 1.82) is 0 Å². The fraction of sp³-hybridized carbons (Fsp3) is 0.100. The number of rotatable bonds is 11. The Balaban J connectivity index is 0.00000260. The molecule has 2 N–H and O–H groups in total. The Morgan fingerprint density at radius 1 is 0.340 bits per heavy atom. The van der Waals surface area contributed by atoms with Gasteiger partial charge in [-0.2, -0.15) is 0 Å².